The van der Waals surface area contributed by atoms with Crippen LogP contribution in [-0.2, 0) is 6.54 Å². The van der Waals surface area contributed by atoms with Gasteiger partial charge in [0, 0.05) is 27.1 Å². The van der Waals surface area contributed by atoms with Crippen molar-refractivity contribution in [1.29, 1.82) is 0 Å². The maximum absolute atomic E-state index is 4.93. The van der Waals surface area contributed by atoms with Crippen LogP contribution in [0.25, 0.3) is 0 Å². The quantitative estimate of drug-likeness (QED) is 0.482. The van der Waals surface area contributed by atoms with Crippen molar-refractivity contribution >= 4 is 29.9 Å². The number of aliphatic imine (C=N–C) groups is 1. The molecule has 6 nitrogen and oxygen atoms in total. The zero-order valence-corrected chi connectivity index (χ0v) is 14.3. The van der Waals surface area contributed by atoms with E-state index in [0.29, 0.717) is 23.7 Å². The van der Waals surface area contributed by atoms with Crippen molar-refractivity contribution in [3.63, 3.8) is 0 Å². The van der Waals surface area contributed by atoms with Crippen molar-refractivity contribution in [2.75, 3.05) is 20.1 Å². The molecule has 1 saturated heterocycles. The van der Waals surface area contributed by atoms with E-state index in [1.54, 1.807) is 14.0 Å². The van der Waals surface area contributed by atoms with Crippen molar-refractivity contribution in [2.45, 2.75) is 33.7 Å². The lowest BCUT2D eigenvalue weighted by atomic mass is 9.93. The van der Waals surface area contributed by atoms with Crippen molar-refractivity contribution < 1.29 is 4.52 Å². The fourth-order valence-corrected chi connectivity index (χ4v) is 2.20. The first kappa shape index (κ1) is 16.2. The Labute approximate surface area is 131 Å². The average molecular weight is 379 g/mol. The van der Waals surface area contributed by atoms with E-state index in [1.807, 2.05) is 0 Å². The Morgan fingerprint density at radius 1 is 1.53 bits per heavy atom. The van der Waals surface area contributed by atoms with Gasteiger partial charge >= 0.3 is 0 Å². The molecular formula is C12H22IN5O. The molecule has 2 rings (SSSR count). The summed E-state index contributed by atoms with van der Waals surface area (Å²) in [4.78, 5) is 10.7. The van der Waals surface area contributed by atoms with E-state index in [1.165, 1.54) is 6.42 Å². The third kappa shape index (κ3) is 4.32. The van der Waals surface area contributed by atoms with Crippen LogP contribution >= 0.6 is 24.0 Å². The molecule has 1 aromatic heterocycles. The summed E-state index contributed by atoms with van der Waals surface area (Å²) in [5, 5.41) is 7.12. The molecule has 1 aromatic rings. The molecule has 0 atom stereocenters. The maximum atomic E-state index is 4.93. The zero-order valence-electron chi connectivity index (χ0n) is 11.9. The molecule has 0 aromatic carbocycles. The minimum Gasteiger partial charge on any atom is -0.349 e. The average Bonchev–Trinajstić information content (AvgIpc) is 2.86. The summed E-state index contributed by atoms with van der Waals surface area (Å²) in [5.74, 6) is 2.15. The van der Waals surface area contributed by atoms with Crippen LogP contribution in [-0.4, -0.2) is 41.1 Å². The van der Waals surface area contributed by atoms with Gasteiger partial charge in [-0.1, -0.05) is 19.0 Å². The van der Waals surface area contributed by atoms with Gasteiger partial charge in [-0.25, -0.2) is 0 Å². The lowest BCUT2D eigenvalue weighted by Gasteiger charge is -2.23. The third-order valence-corrected chi connectivity index (χ3v) is 3.16. The summed E-state index contributed by atoms with van der Waals surface area (Å²) < 4.78 is 4.93. The molecule has 0 aliphatic carbocycles. The molecule has 0 amide bonds. The number of aryl methyl sites for hydroxylation is 1. The molecule has 7 heteroatoms. The molecule has 1 aliphatic rings. The maximum Gasteiger partial charge on any atom is 0.223 e. The lowest BCUT2D eigenvalue weighted by Crippen LogP contribution is -2.40. The number of nitrogens with zero attached hydrogens (tertiary/aromatic N) is 4. The minimum atomic E-state index is 0. The van der Waals surface area contributed by atoms with Crippen LogP contribution in [0.3, 0.4) is 0 Å². The predicted molar refractivity (Wildman–Crippen MR) is 84.6 cm³/mol. The molecule has 108 valence electrons. The second-order valence-corrected chi connectivity index (χ2v) is 5.47. The molecule has 0 spiro atoms. The summed E-state index contributed by atoms with van der Waals surface area (Å²) in [5.41, 5.74) is 0.361. The fraction of sp³-hybridized carbons (Fsp3) is 0.750. The van der Waals surface area contributed by atoms with Crippen molar-refractivity contribution in [3.8, 4) is 0 Å². The van der Waals surface area contributed by atoms with Crippen molar-refractivity contribution in [3.05, 3.63) is 11.7 Å². The summed E-state index contributed by atoms with van der Waals surface area (Å²) in [6.07, 6.45) is 1.19. The number of hydrogen-bond donors (Lipinski definition) is 1. The number of aromatic nitrogens is 2. The monoisotopic (exact) mass is 379 g/mol. The smallest absolute Gasteiger partial charge is 0.223 e. The normalized spacial score (nSPS) is 18.3. The van der Waals surface area contributed by atoms with Crippen LogP contribution in [0.1, 0.15) is 32.0 Å². The van der Waals surface area contributed by atoms with E-state index in [-0.39, 0.29) is 24.0 Å². The number of likely N-dealkylation sites (tertiary alicyclic amines) is 1. The Balaban J connectivity index is 0.00000180. The first-order valence-electron chi connectivity index (χ1n) is 6.25. The van der Waals surface area contributed by atoms with Crippen LogP contribution in [0.5, 0.6) is 0 Å². The number of nitrogens with one attached hydrogen (secondary N) is 1. The van der Waals surface area contributed by atoms with Crippen LogP contribution in [0.4, 0.5) is 0 Å². The molecule has 1 N–H and O–H groups in total. The van der Waals surface area contributed by atoms with Gasteiger partial charge < -0.3 is 14.7 Å². The van der Waals surface area contributed by atoms with Crippen LogP contribution in [0.2, 0.25) is 0 Å². The molecule has 0 bridgehead atoms. The second kappa shape index (κ2) is 6.53. The number of halogens is 1. The first-order valence-corrected chi connectivity index (χ1v) is 6.25. The molecule has 19 heavy (non-hydrogen) atoms. The van der Waals surface area contributed by atoms with Gasteiger partial charge in [0.15, 0.2) is 11.8 Å². The summed E-state index contributed by atoms with van der Waals surface area (Å²) in [7, 11) is 1.80. The van der Waals surface area contributed by atoms with E-state index >= 15 is 0 Å². The van der Waals surface area contributed by atoms with Gasteiger partial charge in [-0.3, -0.25) is 4.99 Å². The van der Waals surface area contributed by atoms with Gasteiger partial charge in [0.1, 0.15) is 0 Å². The Kier molecular flexibility index (Phi) is 5.57. The lowest BCUT2D eigenvalue weighted by molar-refractivity contribution is 0.368. The van der Waals surface area contributed by atoms with E-state index in [2.05, 4.69) is 39.2 Å². The molecule has 0 radical (unpaired) electrons. The van der Waals surface area contributed by atoms with Crippen LogP contribution in [0, 0.1) is 12.3 Å². The minimum absolute atomic E-state index is 0. The SMILES string of the molecule is CN=C(NCc1noc(C)n1)N1CCC(C)(C)C1.I. The highest BCUT2D eigenvalue weighted by Crippen LogP contribution is 2.28. The molecular weight excluding hydrogens is 357 g/mol. The Morgan fingerprint density at radius 3 is 2.74 bits per heavy atom. The molecule has 0 unspecified atom stereocenters. The topological polar surface area (TPSA) is 66.5 Å². The van der Waals surface area contributed by atoms with Crippen LogP contribution in [0.15, 0.2) is 9.52 Å². The summed E-state index contributed by atoms with van der Waals surface area (Å²) in [6, 6.07) is 0. The third-order valence-electron chi connectivity index (χ3n) is 3.16. The summed E-state index contributed by atoms with van der Waals surface area (Å²) >= 11 is 0. The molecule has 0 saturated carbocycles. The number of rotatable bonds is 2. The Hall–Kier alpha value is -0.860. The second-order valence-electron chi connectivity index (χ2n) is 5.47. The molecule has 1 fully saturated rings. The molecule has 1 aliphatic heterocycles. The van der Waals surface area contributed by atoms with Gasteiger partial charge in [0.25, 0.3) is 0 Å². The van der Waals surface area contributed by atoms with E-state index in [0.717, 1.165) is 19.0 Å². The summed E-state index contributed by atoms with van der Waals surface area (Å²) in [6.45, 7) is 8.96. The highest BCUT2D eigenvalue weighted by molar-refractivity contribution is 14.0. The number of hydrogen-bond acceptors (Lipinski definition) is 4. The van der Waals surface area contributed by atoms with Gasteiger partial charge in [-0.05, 0) is 11.8 Å². The zero-order chi connectivity index (χ0) is 13.2. The van der Waals surface area contributed by atoms with Crippen molar-refractivity contribution in [2.24, 2.45) is 10.4 Å². The predicted octanol–water partition coefficient (Wildman–Crippen LogP) is 1.80. The highest BCUT2D eigenvalue weighted by atomic mass is 127. The first-order chi connectivity index (χ1) is 8.50. The largest absolute Gasteiger partial charge is 0.349 e. The van der Waals surface area contributed by atoms with Crippen molar-refractivity contribution in [1.82, 2.24) is 20.4 Å². The Bertz CT molecular complexity index is 443. The standard InChI is InChI=1S/C12H21N5O.HI/c1-9-15-10(16-18-9)7-14-11(13-4)17-6-5-12(2,3)8-17;/h5-8H2,1-4H3,(H,13,14);1H. The van der Waals surface area contributed by atoms with E-state index in [4.69, 9.17) is 4.52 Å². The van der Waals surface area contributed by atoms with Gasteiger partial charge in [-0.2, -0.15) is 4.98 Å². The highest BCUT2D eigenvalue weighted by Gasteiger charge is 2.30. The van der Waals surface area contributed by atoms with Gasteiger partial charge in [0.2, 0.25) is 5.89 Å². The Morgan fingerprint density at radius 2 is 2.26 bits per heavy atom. The van der Waals surface area contributed by atoms with Crippen LogP contribution < -0.4 is 5.32 Å². The molecule has 2 heterocycles. The fourth-order valence-electron chi connectivity index (χ4n) is 2.20. The van der Waals surface area contributed by atoms with Gasteiger partial charge in [-0.15, -0.1) is 24.0 Å². The number of guanidine groups is 1. The van der Waals surface area contributed by atoms with E-state index in [9.17, 15) is 0 Å². The van der Waals surface area contributed by atoms with E-state index < -0.39 is 0 Å². The van der Waals surface area contributed by atoms with Gasteiger partial charge in [0.05, 0.1) is 6.54 Å².